The van der Waals surface area contributed by atoms with Gasteiger partial charge in [0.15, 0.2) is 5.13 Å². The Morgan fingerprint density at radius 3 is 2.41 bits per heavy atom. The summed E-state index contributed by atoms with van der Waals surface area (Å²) in [5.41, 5.74) is 0.430. The van der Waals surface area contributed by atoms with Crippen molar-refractivity contribution in [3.63, 3.8) is 0 Å². The SMILES string of the molecule is CCOc1cc(OCC)cc(C(=O)Nc2ncc(SCCC(=O)OC)s2)c1. The van der Waals surface area contributed by atoms with E-state index in [0.717, 1.165) is 4.21 Å². The zero-order valence-electron chi connectivity index (χ0n) is 15.4. The van der Waals surface area contributed by atoms with Gasteiger partial charge in [0.2, 0.25) is 0 Å². The third kappa shape index (κ3) is 6.76. The average Bonchev–Trinajstić information content (AvgIpc) is 3.09. The Bertz CT molecular complexity index is 755. The lowest BCUT2D eigenvalue weighted by molar-refractivity contribution is -0.140. The number of thioether (sulfide) groups is 1. The molecule has 0 radical (unpaired) electrons. The summed E-state index contributed by atoms with van der Waals surface area (Å²) < 4.78 is 16.5. The largest absolute Gasteiger partial charge is 0.494 e. The molecule has 1 aromatic heterocycles. The number of aromatic nitrogens is 1. The molecule has 0 spiro atoms. The smallest absolute Gasteiger partial charge is 0.306 e. The molecule has 2 rings (SSSR count). The summed E-state index contributed by atoms with van der Waals surface area (Å²) in [7, 11) is 1.37. The Hall–Kier alpha value is -2.26. The highest BCUT2D eigenvalue weighted by molar-refractivity contribution is 8.01. The van der Waals surface area contributed by atoms with Gasteiger partial charge in [0.1, 0.15) is 11.5 Å². The molecule has 27 heavy (non-hydrogen) atoms. The number of amides is 1. The van der Waals surface area contributed by atoms with Crippen LogP contribution in [-0.2, 0) is 9.53 Å². The lowest BCUT2D eigenvalue weighted by Crippen LogP contribution is -2.12. The van der Waals surface area contributed by atoms with Crippen LogP contribution in [0.2, 0.25) is 0 Å². The van der Waals surface area contributed by atoms with Crippen LogP contribution < -0.4 is 14.8 Å². The van der Waals surface area contributed by atoms with E-state index in [2.05, 4.69) is 15.0 Å². The van der Waals surface area contributed by atoms with Gasteiger partial charge in [-0.2, -0.15) is 0 Å². The van der Waals surface area contributed by atoms with E-state index in [0.29, 0.717) is 47.6 Å². The molecular weight excluding hydrogens is 388 g/mol. The van der Waals surface area contributed by atoms with Crippen LogP contribution in [0.4, 0.5) is 5.13 Å². The number of esters is 1. The molecule has 2 aromatic rings. The van der Waals surface area contributed by atoms with Gasteiger partial charge in [-0.05, 0) is 26.0 Å². The summed E-state index contributed by atoms with van der Waals surface area (Å²) in [5, 5.41) is 3.27. The molecule has 1 N–H and O–H groups in total. The summed E-state index contributed by atoms with van der Waals surface area (Å²) in [6.45, 7) is 4.74. The van der Waals surface area contributed by atoms with Crippen molar-refractivity contribution in [3.05, 3.63) is 30.0 Å². The first-order valence-corrected chi connectivity index (χ1v) is 10.2. The van der Waals surface area contributed by atoms with E-state index in [4.69, 9.17) is 9.47 Å². The van der Waals surface area contributed by atoms with Gasteiger partial charge in [0.25, 0.3) is 5.91 Å². The fourth-order valence-corrected chi connectivity index (χ4v) is 3.96. The number of nitrogens with zero attached hydrogens (tertiary/aromatic N) is 1. The van der Waals surface area contributed by atoms with Crippen molar-refractivity contribution >= 4 is 40.1 Å². The number of carbonyl (C=O) groups excluding carboxylic acids is 2. The van der Waals surface area contributed by atoms with Crippen LogP contribution in [0.15, 0.2) is 28.6 Å². The van der Waals surface area contributed by atoms with Crippen LogP contribution >= 0.6 is 23.1 Å². The molecule has 0 aliphatic heterocycles. The second-order valence-electron chi connectivity index (χ2n) is 5.17. The van der Waals surface area contributed by atoms with Crippen LogP contribution in [-0.4, -0.2) is 42.9 Å². The molecule has 7 nitrogen and oxygen atoms in total. The third-order valence-electron chi connectivity index (χ3n) is 3.25. The van der Waals surface area contributed by atoms with Gasteiger partial charge < -0.3 is 14.2 Å². The number of anilines is 1. The van der Waals surface area contributed by atoms with Crippen LogP contribution in [0.1, 0.15) is 30.6 Å². The molecule has 1 heterocycles. The average molecular weight is 411 g/mol. The van der Waals surface area contributed by atoms with E-state index in [-0.39, 0.29) is 11.9 Å². The number of carbonyl (C=O) groups is 2. The first-order chi connectivity index (χ1) is 13.0. The summed E-state index contributed by atoms with van der Waals surface area (Å²) in [6.07, 6.45) is 2.00. The lowest BCUT2D eigenvalue weighted by atomic mass is 10.2. The lowest BCUT2D eigenvalue weighted by Gasteiger charge is -2.10. The van der Waals surface area contributed by atoms with Gasteiger partial charge in [-0.15, -0.1) is 11.8 Å². The number of nitrogens with one attached hydrogen (secondary N) is 1. The monoisotopic (exact) mass is 410 g/mol. The van der Waals surface area contributed by atoms with Gasteiger partial charge in [-0.3, -0.25) is 14.9 Å². The molecule has 0 saturated carbocycles. The first kappa shape index (κ1) is 21.0. The normalized spacial score (nSPS) is 10.3. The third-order valence-corrected chi connectivity index (χ3v) is 5.36. The minimum absolute atomic E-state index is 0.250. The molecule has 0 fully saturated rings. The molecule has 146 valence electrons. The highest BCUT2D eigenvalue weighted by atomic mass is 32.2. The number of rotatable bonds is 10. The van der Waals surface area contributed by atoms with E-state index in [9.17, 15) is 9.59 Å². The van der Waals surface area contributed by atoms with Crippen LogP contribution in [0.3, 0.4) is 0 Å². The minimum atomic E-state index is -0.294. The maximum atomic E-state index is 12.6. The molecule has 9 heteroatoms. The maximum Gasteiger partial charge on any atom is 0.306 e. The van der Waals surface area contributed by atoms with Gasteiger partial charge in [0.05, 0.1) is 37.2 Å². The van der Waals surface area contributed by atoms with Gasteiger partial charge in [0, 0.05) is 17.4 Å². The molecule has 0 bridgehead atoms. The Kier molecular flexibility index (Phi) is 8.41. The van der Waals surface area contributed by atoms with E-state index >= 15 is 0 Å². The van der Waals surface area contributed by atoms with E-state index in [1.165, 1.54) is 30.2 Å². The Morgan fingerprint density at radius 2 is 1.81 bits per heavy atom. The molecule has 1 amide bonds. The zero-order chi connectivity index (χ0) is 19.6. The van der Waals surface area contributed by atoms with Crippen LogP contribution in [0.25, 0.3) is 0 Å². The summed E-state index contributed by atoms with van der Waals surface area (Å²) in [5.74, 6) is 1.20. The maximum absolute atomic E-state index is 12.6. The highest BCUT2D eigenvalue weighted by Gasteiger charge is 2.13. The topological polar surface area (TPSA) is 86.8 Å². The van der Waals surface area contributed by atoms with Crippen molar-refractivity contribution in [2.24, 2.45) is 0 Å². The predicted octanol–water partition coefficient (Wildman–Crippen LogP) is 3.85. The number of hydrogen-bond acceptors (Lipinski definition) is 8. The second-order valence-corrected chi connectivity index (χ2v) is 7.60. The first-order valence-electron chi connectivity index (χ1n) is 8.43. The number of hydrogen-bond donors (Lipinski definition) is 1. The quantitative estimate of drug-likeness (QED) is 0.470. The number of methoxy groups -OCH3 is 1. The molecule has 0 saturated heterocycles. The number of thiazole rings is 1. The molecule has 0 atom stereocenters. The van der Waals surface area contributed by atoms with Crippen molar-refractivity contribution in [1.82, 2.24) is 4.98 Å². The van der Waals surface area contributed by atoms with Crippen LogP contribution in [0, 0.1) is 0 Å². The van der Waals surface area contributed by atoms with Crippen molar-refractivity contribution < 1.29 is 23.8 Å². The van der Waals surface area contributed by atoms with E-state index in [1.54, 1.807) is 24.4 Å². The zero-order valence-corrected chi connectivity index (χ0v) is 17.1. The Balaban J connectivity index is 2.01. The number of ether oxygens (including phenoxy) is 3. The fraction of sp³-hybridized carbons (Fsp3) is 0.389. The summed E-state index contributed by atoms with van der Waals surface area (Å²) in [4.78, 5) is 27.9. The summed E-state index contributed by atoms with van der Waals surface area (Å²) in [6, 6.07) is 5.09. The predicted molar refractivity (Wildman–Crippen MR) is 106 cm³/mol. The van der Waals surface area contributed by atoms with E-state index < -0.39 is 0 Å². The van der Waals surface area contributed by atoms with E-state index in [1.807, 2.05) is 13.8 Å². The Morgan fingerprint density at radius 1 is 1.15 bits per heavy atom. The molecule has 0 aliphatic carbocycles. The molecule has 1 aromatic carbocycles. The van der Waals surface area contributed by atoms with Gasteiger partial charge >= 0.3 is 5.97 Å². The molecule has 0 aliphatic rings. The van der Waals surface area contributed by atoms with Crippen LogP contribution in [0.5, 0.6) is 11.5 Å². The fourth-order valence-electron chi connectivity index (χ4n) is 2.09. The molecular formula is C18H22N2O5S2. The van der Waals surface area contributed by atoms with Crippen molar-refractivity contribution in [2.75, 3.05) is 31.4 Å². The standard InChI is InChI=1S/C18H22N2O5S2/c1-4-24-13-8-12(9-14(10-13)25-5-2)17(22)20-18-19-11-16(27-18)26-7-6-15(21)23-3/h8-11H,4-7H2,1-3H3,(H,19,20,22). The van der Waals surface area contributed by atoms with Crippen molar-refractivity contribution in [3.8, 4) is 11.5 Å². The Labute approximate surface area is 166 Å². The van der Waals surface area contributed by atoms with Crippen molar-refractivity contribution in [1.29, 1.82) is 0 Å². The van der Waals surface area contributed by atoms with Gasteiger partial charge in [-0.1, -0.05) is 11.3 Å². The van der Waals surface area contributed by atoms with Crippen molar-refractivity contribution in [2.45, 2.75) is 24.5 Å². The highest BCUT2D eigenvalue weighted by Crippen LogP contribution is 2.29. The second kappa shape index (κ2) is 10.8. The molecule has 0 unspecified atom stereocenters. The number of benzene rings is 1. The minimum Gasteiger partial charge on any atom is -0.494 e. The summed E-state index contributed by atoms with van der Waals surface area (Å²) >= 11 is 2.84. The van der Waals surface area contributed by atoms with Gasteiger partial charge in [-0.25, -0.2) is 4.98 Å².